The van der Waals surface area contributed by atoms with Gasteiger partial charge in [-0.1, -0.05) is 11.8 Å². The lowest BCUT2D eigenvalue weighted by Crippen LogP contribution is -2.47. The van der Waals surface area contributed by atoms with Crippen molar-refractivity contribution >= 4 is 11.8 Å². The Bertz CT molecular complexity index is 848. The largest absolute Gasteiger partial charge is 0.392 e. The van der Waals surface area contributed by atoms with Crippen molar-refractivity contribution in [1.82, 2.24) is 5.48 Å². The van der Waals surface area contributed by atoms with Crippen molar-refractivity contribution in [2.75, 3.05) is 6.61 Å². The second-order valence-electron chi connectivity index (χ2n) is 6.83. The number of hydroxylamine groups is 1. The number of nitrogens with two attached hydrogens (primary N) is 2. The van der Waals surface area contributed by atoms with E-state index in [4.69, 9.17) is 21.8 Å². The van der Waals surface area contributed by atoms with E-state index in [0.29, 0.717) is 5.56 Å². The molecule has 0 aliphatic carbocycles. The summed E-state index contributed by atoms with van der Waals surface area (Å²) in [6.45, 7) is 3.93. The zero-order valence-electron chi connectivity index (χ0n) is 15.3. The van der Waals surface area contributed by atoms with Gasteiger partial charge in [-0.2, -0.15) is 0 Å². The molecule has 1 aromatic carbocycles. The Balaban J connectivity index is 3.46. The molecule has 0 aliphatic heterocycles. The third-order valence-corrected chi connectivity index (χ3v) is 3.65. The molecular formula is C19H23N3O5. The van der Waals surface area contributed by atoms with Gasteiger partial charge in [0.15, 0.2) is 0 Å². The van der Waals surface area contributed by atoms with Gasteiger partial charge in [-0.05, 0) is 56.4 Å². The predicted octanol–water partition coefficient (Wildman–Crippen LogP) is -0.790. The molecule has 0 saturated heterocycles. The lowest BCUT2D eigenvalue weighted by Gasteiger charge is -2.30. The van der Waals surface area contributed by atoms with Gasteiger partial charge < -0.3 is 21.7 Å². The van der Waals surface area contributed by atoms with Crippen molar-refractivity contribution in [2.24, 2.45) is 11.5 Å². The average molecular weight is 373 g/mol. The van der Waals surface area contributed by atoms with Crippen LogP contribution in [0.1, 0.15) is 48.2 Å². The number of amides is 2. The van der Waals surface area contributed by atoms with E-state index >= 15 is 0 Å². The number of benzene rings is 1. The van der Waals surface area contributed by atoms with Crippen molar-refractivity contribution in [3.63, 3.8) is 0 Å². The Labute approximate surface area is 157 Å². The van der Waals surface area contributed by atoms with E-state index < -0.39 is 35.5 Å². The minimum Gasteiger partial charge on any atom is -0.392 e. The van der Waals surface area contributed by atoms with E-state index in [1.807, 2.05) is 0 Å². The number of nitrogens with one attached hydrogen (secondary N) is 1. The summed E-state index contributed by atoms with van der Waals surface area (Å²) >= 11 is 0. The maximum absolute atomic E-state index is 12.1. The third-order valence-electron chi connectivity index (χ3n) is 3.65. The van der Waals surface area contributed by atoms with Crippen LogP contribution in [0.3, 0.4) is 0 Å². The summed E-state index contributed by atoms with van der Waals surface area (Å²) < 4.78 is 0. The van der Waals surface area contributed by atoms with E-state index in [9.17, 15) is 14.7 Å². The van der Waals surface area contributed by atoms with E-state index in [0.717, 1.165) is 0 Å². The topological polar surface area (TPSA) is 159 Å². The highest BCUT2D eigenvalue weighted by Gasteiger charge is 2.35. The summed E-state index contributed by atoms with van der Waals surface area (Å²) in [5.74, 6) is 7.39. The number of hydrogen-bond acceptors (Lipinski definition) is 6. The summed E-state index contributed by atoms with van der Waals surface area (Å²) in [6, 6.07) is 4.38. The highest BCUT2D eigenvalue weighted by Crippen LogP contribution is 2.30. The molecule has 144 valence electrons. The van der Waals surface area contributed by atoms with Crippen LogP contribution in [0.5, 0.6) is 0 Å². The fraction of sp³-hybridized carbons (Fsp3) is 0.368. The summed E-state index contributed by atoms with van der Waals surface area (Å²) in [6.07, 6.45) is 0. The Morgan fingerprint density at radius 2 is 1.89 bits per heavy atom. The first-order chi connectivity index (χ1) is 12.4. The SMILES string of the molecule is CC(O)(C#CC#Cc1ccc(C(N)=O)c([C@H](C(=O)NO)C(C)(C)N)c1)CO. The zero-order chi connectivity index (χ0) is 20.8. The van der Waals surface area contributed by atoms with Crippen molar-refractivity contribution < 1.29 is 25.0 Å². The molecule has 27 heavy (non-hydrogen) atoms. The standard InChI is InChI=1S/C19H23N3O5/c1-18(2,21)15(17(25)22-27)14-10-12(7-8-13(14)16(20)24)6-4-5-9-19(3,26)11-23/h7-8,10,15,23,26-27H,11,21H2,1-3H3,(H2,20,24)(H,22,25)/t15-,19?/m1/s1. The molecule has 0 heterocycles. The molecule has 0 spiro atoms. The third kappa shape index (κ3) is 6.10. The number of carbonyl (C=O) groups is 2. The van der Waals surface area contributed by atoms with Crippen LogP contribution in [-0.4, -0.2) is 45.0 Å². The molecule has 0 bridgehead atoms. The first-order valence-corrected chi connectivity index (χ1v) is 7.96. The Kier molecular flexibility index (Phi) is 7.12. The fourth-order valence-corrected chi connectivity index (χ4v) is 2.36. The molecule has 8 N–H and O–H groups in total. The van der Waals surface area contributed by atoms with Crippen LogP contribution >= 0.6 is 0 Å². The van der Waals surface area contributed by atoms with Crippen LogP contribution in [0, 0.1) is 23.7 Å². The molecule has 1 unspecified atom stereocenters. The molecule has 8 heteroatoms. The number of aliphatic hydroxyl groups excluding tert-OH is 1. The second-order valence-corrected chi connectivity index (χ2v) is 6.83. The first kappa shape index (κ1) is 22.2. The fourth-order valence-electron chi connectivity index (χ4n) is 2.36. The molecule has 0 radical (unpaired) electrons. The molecule has 2 amide bonds. The van der Waals surface area contributed by atoms with E-state index in [2.05, 4.69) is 23.7 Å². The van der Waals surface area contributed by atoms with Gasteiger partial charge in [0.25, 0.3) is 5.91 Å². The molecule has 2 atom stereocenters. The average Bonchev–Trinajstić information content (AvgIpc) is 2.57. The normalized spacial score (nSPS) is 13.9. The Hall–Kier alpha value is -2.88. The van der Waals surface area contributed by atoms with Gasteiger partial charge in [0.1, 0.15) is 5.60 Å². The molecule has 0 aliphatic rings. The van der Waals surface area contributed by atoms with Gasteiger partial charge in [-0.15, -0.1) is 0 Å². The predicted molar refractivity (Wildman–Crippen MR) is 98.3 cm³/mol. The zero-order valence-corrected chi connectivity index (χ0v) is 15.3. The van der Waals surface area contributed by atoms with Gasteiger partial charge in [0, 0.05) is 16.7 Å². The summed E-state index contributed by atoms with van der Waals surface area (Å²) in [7, 11) is 0. The van der Waals surface area contributed by atoms with Crippen molar-refractivity contribution in [2.45, 2.75) is 37.8 Å². The van der Waals surface area contributed by atoms with Crippen molar-refractivity contribution in [1.29, 1.82) is 0 Å². The number of aliphatic hydroxyl groups is 2. The maximum atomic E-state index is 12.1. The van der Waals surface area contributed by atoms with E-state index in [-0.39, 0.29) is 11.1 Å². The lowest BCUT2D eigenvalue weighted by molar-refractivity contribution is -0.132. The second kappa shape index (κ2) is 8.67. The van der Waals surface area contributed by atoms with Crippen LogP contribution < -0.4 is 16.9 Å². The molecular weight excluding hydrogens is 350 g/mol. The Morgan fingerprint density at radius 1 is 1.26 bits per heavy atom. The highest BCUT2D eigenvalue weighted by molar-refractivity contribution is 5.97. The van der Waals surface area contributed by atoms with Crippen LogP contribution in [0.4, 0.5) is 0 Å². The van der Waals surface area contributed by atoms with Crippen LogP contribution in [0.2, 0.25) is 0 Å². The molecule has 0 saturated carbocycles. The van der Waals surface area contributed by atoms with Crippen molar-refractivity contribution in [3.05, 3.63) is 34.9 Å². The van der Waals surface area contributed by atoms with Gasteiger partial charge in [-0.25, -0.2) is 5.48 Å². The van der Waals surface area contributed by atoms with E-state index in [1.54, 1.807) is 19.3 Å². The van der Waals surface area contributed by atoms with Gasteiger partial charge in [0.2, 0.25) is 5.91 Å². The molecule has 0 aromatic heterocycles. The lowest BCUT2D eigenvalue weighted by atomic mass is 9.79. The summed E-state index contributed by atoms with van der Waals surface area (Å²) in [5, 5.41) is 27.6. The Morgan fingerprint density at radius 3 is 2.37 bits per heavy atom. The monoisotopic (exact) mass is 373 g/mol. The van der Waals surface area contributed by atoms with Crippen LogP contribution in [0.15, 0.2) is 18.2 Å². The molecule has 8 nitrogen and oxygen atoms in total. The number of rotatable bonds is 5. The van der Waals surface area contributed by atoms with Crippen molar-refractivity contribution in [3.8, 4) is 23.7 Å². The molecule has 1 aromatic rings. The quantitative estimate of drug-likeness (QED) is 0.225. The number of hydrogen-bond donors (Lipinski definition) is 6. The maximum Gasteiger partial charge on any atom is 0.252 e. The summed E-state index contributed by atoms with van der Waals surface area (Å²) in [4.78, 5) is 23.9. The minimum atomic E-state index is -1.57. The van der Waals surface area contributed by atoms with Gasteiger partial charge >= 0.3 is 0 Å². The van der Waals surface area contributed by atoms with Crippen LogP contribution in [-0.2, 0) is 4.79 Å². The summed E-state index contributed by atoms with van der Waals surface area (Å²) in [5.41, 5.74) is 11.0. The first-order valence-electron chi connectivity index (χ1n) is 7.96. The van der Waals surface area contributed by atoms with Crippen LogP contribution in [0.25, 0.3) is 0 Å². The molecule has 0 fully saturated rings. The molecule has 1 rings (SSSR count). The minimum absolute atomic E-state index is 0.0713. The van der Waals surface area contributed by atoms with Gasteiger partial charge in [-0.3, -0.25) is 14.8 Å². The van der Waals surface area contributed by atoms with Gasteiger partial charge in [0.05, 0.1) is 12.5 Å². The number of carbonyl (C=O) groups excluding carboxylic acids is 2. The number of primary amides is 1. The highest BCUT2D eigenvalue weighted by atomic mass is 16.5. The smallest absolute Gasteiger partial charge is 0.252 e. The van der Waals surface area contributed by atoms with E-state index in [1.165, 1.54) is 25.1 Å².